The first kappa shape index (κ1) is 21.1. The van der Waals surface area contributed by atoms with Crippen molar-refractivity contribution >= 4 is 56.4 Å². The first-order chi connectivity index (χ1) is 13.7. The lowest BCUT2D eigenvalue weighted by atomic mass is 10.1. The van der Waals surface area contributed by atoms with E-state index < -0.39 is 10.8 Å². The van der Waals surface area contributed by atoms with Crippen LogP contribution in [0.25, 0.3) is 0 Å². The molecule has 152 valence electrons. The van der Waals surface area contributed by atoms with E-state index in [4.69, 9.17) is 16.3 Å². The molecule has 1 saturated heterocycles. The number of non-ortho nitro benzene ring substituents is 1. The molecule has 2 aromatic rings. The van der Waals surface area contributed by atoms with Gasteiger partial charge in [0.25, 0.3) is 5.69 Å². The normalized spacial score (nSPS) is 16.1. The minimum atomic E-state index is -0.579. The molecule has 0 radical (unpaired) electrons. The van der Waals surface area contributed by atoms with Gasteiger partial charge in [0.2, 0.25) is 11.8 Å². The molecule has 1 fully saturated rings. The van der Waals surface area contributed by atoms with Gasteiger partial charge in [-0.1, -0.05) is 11.6 Å². The minimum Gasteiger partial charge on any atom is -0.494 e. The van der Waals surface area contributed by atoms with Crippen LogP contribution in [0.2, 0.25) is 5.02 Å². The van der Waals surface area contributed by atoms with Crippen molar-refractivity contribution in [3.05, 3.63) is 55.5 Å². The van der Waals surface area contributed by atoms with Gasteiger partial charge in [-0.25, -0.2) is 0 Å². The van der Waals surface area contributed by atoms with Crippen LogP contribution in [0.3, 0.4) is 0 Å². The van der Waals surface area contributed by atoms with E-state index >= 15 is 0 Å². The molecule has 10 heteroatoms. The highest BCUT2D eigenvalue weighted by molar-refractivity contribution is 9.10. The van der Waals surface area contributed by atoms with Gasteiger partial charge < -0.3 is 15.0 Å². The van der Waals surface area contributed by atoms with E-state index in [-0.39, 0.29) is 36.2 Å². The number of nitrogens with one attached hydrogen (secondary N) is 1. The Kier molecular flexibility index (Phi) is 6.09. The van der Waals surface area contributed by atoms with Crippen molar-refractivity contribution in [2.75, 3.05) is 23.9 Å². The standard InChI is InChI=1S/C19H17BrClN3O5/c1-10-14(5-4-13(20)18(10)21)22-19(26)11-7-17(25)23(9-11)15-6-3-12(24(27)28)8-16(15)29-2/h3-6,8,11H,7,9H2,1-2H3,(H,22,26)/t11-/m1/s1. The van der Waals surface area contributed by atoms with Gasteiger partial charge in [0.1, 0.15) is 5.75 Å². The largest absolute Gasteiger partial charge is 0.494 e. The third kappa shape index (κ3) is 4.20. The van der Waals surface area contributed by atoms with Crippen LogP contribution in [0.1, 0.15) is 12.0 Å². The summed E-state index contributed by atoms with van der Waals surface area (Å²) in [5.74, 6) is -0.945. The third-order valence-electron chi connectivity index (χ3n) is 4.76. The van der Waals surface area contributed by atoms with Crippen molar-refractivity contribution in [3.8, 4) is 5.75 Å². The summed E-state index contributed by atoms with van der Waals surface area (Å²) in [6.07, 6.45) is 0.0231. The number of nitrogens with zero attached hydrogens (tertiary/aromatic N) is 2. The second-order valence-electron chi connectivity index (χ2n) is 6.54. The molecule has 2 aromatic carbocycles. The maximum Gasteiger partial charge on any atom is 0.273 e. The van der Waals surface area contributed by atoms with E-state index in [1.807, 2.05) is 0 Å². The fourth-order valence-corrected chi connectivity index (χ4v) is 3.74. The predicted octanol–water partition coefficient (Wildman–Crippen LogP) is 4.32. The van der Waals surface area contributed by atoms with Gasteiger partial charge in [-0.15, -0.1) is 0 Å². The number of hydrogen-bond acceptors (Lipinski definition) is 5. The van der Waals surface area contributed by atoms with Crippen LogP contribution >= 0.6 is 27.5 Å². The highest BCUT2D eigenvalue weighted by Gasteiger charge is 2.36. The van der Waals surface area contributed by atoms with Crippen LogP contribution < -0.4 is 15.0 Å². The number of benzene rings is 2. The molecular formula is C19H17BrClN3O5. The van der Waals surface area contributed by atoms with Crippen LogP contribution in [0.4, 0.5) is 17.1 Å². The number of carbonyl (C=O) groups is 2. The Balaban J connectivity index is 1.79. The maximum absolute atomic E-state index is 12.7. The van der Waals surface area contributed by atoms with E-state index in [2.05, 4.69) is 21.2 Å². The summed E-state index contributed by atoms with van der Waals surface area (Å²) in [6, 6.07) is 7.47. The van der Waals surface area contributed by atoms with Crippen molar-refractivity contribution in [2.45, 2.75) is 13.3 Å². The second kappa shape index (κ2) is 8.38. The van der Waals surface area contributed by atoms with E-state index in [0.717, 1.165) is 4.47 Å². The number of amides is 2. The third-order valence-corrected chi connectivity index (χ3v) is 6.13. The zero-order valence-corrected chi connectivity index (χ0v) is 17.9. The van der Waals surface area contributed by atoms with Gasteiger partial charge >= 0.3 is 0 Å². The average Bonchev–Trinajstić information content (AvgIpc) is 3.09. The van der Waals surface area contributed by atoms with Gasteiger partial charge in [0, 0.05) is 29.2 Å². The van der Waals surface area contributed by atoms with Crippen LogP contribution in [-0.2, 0) is 9.59 Å². The van der Waals surface area contributed by atoms with E-state index in [0.29, 0.717) is 22.0 Å². The summed E-state index contributed by atoms with van der Waals surface area (Å²) in [7, 11) is 1.37. The number of nitro groups is 1. The van der Waals surface area contributed by atoms with Gasteiger partial charge in [-0.3, -0.25) is 19.7 Å². The van der Waals surface area contributed by atoms with Crippen LogP contribution in [0.5, 0.6) is 5.75 Å². The topological polar surface area (TPSA) is 102 Å². The lowest BCUT2D eigenvalue weighted by molar-refractivity contribution is -0.384. The van der Waals surface area contributed by atoms with Crippen molar-refractivity contribution in [3.63, 3.8) is 0 Å². The predicted molar refractivity (Wildman–Crippen MR) is 113 cm³/mol. The molecule has 3 rings (SSSR count). The molecule has 8 nitrogen and oxygen atoms in total. The second-order valence-corrected chi connectivity index (χ2v) is 7.77. The Morgan fingerprint density at radius 1 is 1.38 bits per heavy atom. The van der Waals surface area contributed by atoms with Gasteiger partial charge in [-0.05, 0) is 46.6 Å². The zero-order chi connectivity index (χ0) is 21.3. The molecule has 0 bridgehead atoms. The monoisotopic (exact) mass is 481 g/mol. The van der Waals surface area contributed by atoms with Gasteiger partial charge in [-0.2, -0.15) is 0 Å². The molecule has 1 heterocycles. The van der Waals surface area contributed by atoms with Crippen molar-refractivity contribution < 1.29 is 19.2 Å². The maximum atomic E-state index is 12.7. The SMILES string of the molecule is COc1cc([N+](=O)[O-])ccc1N1C[C@H](C(=O)Nc2ccc(Br)c(Cl)c2C)CC1=O. The summed E-state index contributed by atoms with van der Waals surface area (Å²) < 4.78 is 5.93. The molecule has 0 aliphatic carbocycles. The smallest absolute Gasteiger partial charge is 0.273 e. The Bertz CT molecular complexity index is 1010. The number of nitro benzene ring substituents is 1. The first-order valence-corrected chi connectivity index (χ1v) is 9.78. The highest BCUT2D eigenvalue weighted by atomic mass is 79.9. The number of rotatable bonds is 5. The minimum absolute atomic E-state index is 0.0231. The Labute approximate surface area is 180 Å². The summed E-state index contributed by atoms with van der Waals surface area (Å²) in [5, 5.41) is 14.3. The van der Waals surface area contributed by atoms with Crippen molar-refractivity contribution in [2.24, 2.45) is 5.92 Å². The van der Waals surface area contributed by atoms with E-state index in [1.165, 1.54) is 30.2 Å². The van der Waals surface area contributed by atoms with Crippen molar-refractivity contribution in [1.82, 2.24) is 0 Å². The Morgan fingerprint density at radius 3 is 2.76 bits per heavy atom. The fraction of sp³-hybridized carbons (Fsp3) is 0.263. The van der Waals surface area contributed by atoms with Crippen LogP contribution in [-0.4, -0.2) is 30.4 Å². The average molecular weight is 483 g/mol. The number of halogens is 2. The molecule has 1 atom stereocenters. The molecule has 0 saturated carbocycles. The summed E-state index contributed by atoms with van der Waals surface area (Å²) in [6.45, 7) is 1.93. The quantitative estimate of drug-likeness (QED) is 0.505. The molecule has 1 aliphatic heterocycles. The molecule has 1 N–H and O–H groups in total. The van der Waals surface area contributed by atoms with Crippen molar-refractivity contribution in [1.29, 1.82) is 0 Å². The lowest BCUT2D eigenvalue weighted by Gasteiger charge is -2.19. The number of ether oxygens (including phenoxy) is 1. The molecule has 0 aromatic heterocycles. The lowest BCUT2D eigenvalue weighted by Crippen LogP contribution is -2.28. The molecular weight excluding hydrogens is 466 g/mol. The number of carbonyl (C=O) groups excluding carboxylic acids is 2. The molecule has 29 heavy (non-hydrogen) atoms. The summed E-state index contributed by atoms with van der Waals surface area (Å²) in [4.78, 5) is 37.1. The number of methoxy groups -OCH3 is 1. The van der Waals surface area contributed by atoms with Gasteiger partial charge in [0.15, 0.2) is 0 Å². The van der Waals surface area contributed by atoms with E-state index in [9.17, 15) is 19.7 Å². The molecule has 2 amide bonds. The van der Waals surface area contributed by atoms with Gasteiger partial charge in [0.05, 0.1) is 34.7 Å². The number of anilines is 2. The Morgan fingerprint density at radius 2 is 2.10 bits per heavy atom. The van der Waals surface area contributed by atoms with Crippen LogP contribution in [0.15, 0.2) is 34.8 Å². The fourth-order valence-electron chi connectivity index (χ4n) is 3.14. The molecule has 1 aliphatic rings. The van der Waals surface area contributed by atoms with E-state index in [1.54, 1.807) is 19.1 Å². The molecule has 0 spiro atoms. The molecule has 0 unspecified atom stereocenters. The zero-order valence-electron chi connectivity index (χ0n) is 15.6. The summed E-state index contributed by atoms with van der Waals surface area (Å²) in [5.41, 5.74) is 1.53. The number of hydrogen-bond donors (Lipinski definition) is 1. The summed E-state index contributed by atoms with van der Waals surface area (Å²) >= 11 is 9.53. The highest BCUT2D eigenvalue weighted by Crippen LogP contribution is 2.36. The van der Waals surface area contributed by atoms with Crippen LogP contribution in [0, 0.1) is 23.0 Å². The first-order valence-electron chi connectivity index (χ1n) is 8.61. The Hall–Kier alpha value is -2.65.